The minimum Gasteiger partial charge on any atom is -0.328 e. The number of fused-ring (bicyclic) bond motifs is 2. The Kier molecular flexibility index (Phi) is 4.29. The molecule has 2 aliphatic heterocycles. The predicted octanol–water partition coefficient (Wildman–Crippen LogP) is 2.66. The van der Waals surface area contributed by atoms with Crippen molar-refractivity contribution >= 4 is 0 Å². The highest BCUT2D eigenvalue weighted by molar-refractivity contribution is 4.96. The largest absolute Gasteiger partial charge is 0.328 e. The van der Waals surface area contributed by atoms with Gasteiger partial charge in [-0.3, -0.25) is 4.90 Å². The van der Waals surface area contributed by atoms with Gasteiger partial charge in [0.1, 0.15) is 0 Å². The van der Waals surface area contributed by atoms with Crippen LogP contribution in [0.2, 0.25) is 0 Å². The third-order valence-corrected chi connectivity index (χ3v) is 4.69. The van der Waals surface area contributed by atoms with Crippen molar-refractivity contribution in [3.05, 3.63) is 0 Å². The molecule has 0 radical (unpaired) electrons. The van der Waals surface area contributed by atoms with Crippen molar-refractivity contribution in [1.82, 2.24) is 4.90 Å². The van der Waals surface area contributed by atoms with Crippen LogP contribution < -0.4 is 5.73 Å². The van der Waals surface area contributed by atoms with Crippen LogP contribution in [0.5, 0.6) is 0 Å². The fourth-order valence-electron chi connectivity index (χ4n) is 3.60. The standard InChI is InChI=1S/C15H27N3/c1-15(2,11-16)7-3-4-8-18-13-5-6-14(18)10-12(17)9-13/h12-14H,3-10,17H2,1-2H3. The van der Waals surface area contributed by atoms with Gasteiger partial charge in [-0.15, -0.1) is 0 Å². The van der Waals surface area contributed by atoms with E-state index in [0.717, 1.165) is 18.5 Å². The zero-order valence-electron chi connectivity index (χ0n) is 11.9. The van der Waals surface area contributed by atoms with Gasteiger partial charge in [0.25, 0.3) is 0 Å². The molecule has 2 unspecified atom stereocenters. The summed E-state index contributed by atoms with van der Waals surface area (Å²) in [5.74, 6) is 0. The van der Waals surface area contributed by atoms with Crippen LogP contribution in [-0.4, -0.2) is 29.6 Å². The average molecular weight is 249 g/mol. The Labute approximate surface area is 111 Å². The molecule has 18 heavy (non-hydrogen) atoms. The van der Waals surface area contributed by atoms with Crippen LogP contribution in [0.3, 0.4) is 0 Å². The molecule has 2 N–H and O–H groups in total. The van der Waals surface area contributed by atoms with Gasteiger partial charge in [0.15, 0.2) is 0 Å². The lowest BCUT2D eigenvalue weighted by Gasteiger charge is -2.37. The summed E-state index contributed by atoms with van der Waals surface area (Å²) in [4.78, 5) is 2.70. The van der Waals surface area contributed by atoms with Crippen molar-refractivity contribution in [3.63, 3.8) is 0 Å². The Hall–Kier alpha value is -0.590. The maximum absolute atomic E-state index is 8.99. The van der Waals surface area contributed by atoms with Gasteiger partial charge in [-0.1, -0.05) is 6.42 Å². The normalized spacial score (nSPS) is 32.4. The van der Waals surface area contributed by atoms with E-state index in [0.29, 0.717) is 6.04 Å². The first-order valence-corrected chi connectivity index (χ1v) is 7.44. The summed E-state index contributed by atoms with van der Waals surface area (Å²) in [5, 5.41) is 8.99. The molecule has 0 spiro atoms. The molecule has 0 aromatic rings. The summed E-state index contributed by atoms with van der Waals surface area (Å²) >= 11 is 0. The second kappa shape index (κ2) is 5.59. The molecule has 2 bridgehead atoms. The summed E-state index contributed by atoms with van der Waals surface area (Å²) in [5.41, 5.74) is 5.94. The molecule has 3 heteroatoms. The van der Waals surface area contributed by atoms with Gasteiger partial charge in [0, 0.05) is 18.1 Å². The zero-order valence-corrected chi connectivity index (χ0v) is 11.9. The Balaban J connectivity index is 1.71. The van der Waals surface area contributed by atoms with E-state index in [1.54, 1.807) is 0 Å². The molecule has 2 rings (SSSR count). The maximum atomic E-state index is 8.99. The van der Waals surface area contributed by atoms with Crippen molar-refractivity contribution in [2.45, 2.75) is 76.9 Å². The summed E-state index contributed by atoms with van der Waals surface area (Å²) < 4.78 is 0. The van der Waals surface area contributed by atoms with Crippen molar-refractivity contribution in [2.24, 2.45) is 11.1 Å². The predicted molar refractivity (Wildman–Crippen MR) is 74.0 cm³/mol. The lowest BCUT2D eigenvalue weighted by atomic mass is 9.89. The van der Waals surface area contributed by atoms with E-state index in [1.807, 2.05) is 13.8 Å². The Morgan fingerprint density at radius 1 is 1.22 bits per heavy atom. The lowest BCUT2D eigenvalue weighted by Crippen LogP contribution is -2.47. The van der Waals surface area contributed by atoms with E-state index in [-0.39, 0.29) is 5.41 Å². The first-order valence-electron chi connectivity index (χ1n) is 7.44. The highest BCUT2D eigenvalue weighted by atomic mass is 15.2. The van der Waals surface area contributed by atoms with Gasteiger partial charge in [-0.05, 0) is 58.9 Å². The molecule has 2 atom stereocenters. The molecule has 2 fully saturated rings. The zero-order chi connectivity index (χ0) is 13.2. The number of rotatable bonds is 5. The fraction of sp³-hybridized carbons (Fsp3) is 0.933. The highest BCUT2D eigenvalue weighted by Gasteiger charge is 2.38. The van der Waals surface area contributed by atoms with E-state index < -0.39 is 0 Å². The quantitative estimate of drug-likeness (QED) is 0.762. The SMILES string of the molecule is CC(C)(C#N)CCCCN1C2CCC1CC(N)C2. The Morgan fingerprint density at radius 3 is 2.39 bits per heavy atom. The molecular formula is C15H27N3. The van der Waals surface area contributed by atoms with Crippen molar-refractivity contribution < 1.29 is 0 Å². The van der Waals surface area contributed by atoms with Gasteiger partial charge >= 0.3 is 0 Å². The van der Waals surface area contributed by atoms with Gasteiger partial charge in [0.05, 0.1) is 11.5 Å². The smallest absolute Gasteiger partial charge is 0.0683 e. The minimum atomic E-state index is -0.150. The minimum absolute atomic E-state index is 0.150. The van der Waals surface area contributed by atoms with Crippen LogP contribution in [0.15, 0.2) is 0 Å². The maximum Gasteiger partial charge on any atom is 0.0683 e. The summed E-state index contributed by atoms with van der Waals surface area (Å²) in [6.45, 7) is 5.29. The number of hydrogen-bond donors (Lipinski definition) is 1. The van der Waals surface area contributed by atoms with Gasteiger partial charge in [-0.25, -0.2) is 0 Å². The number of nitriles is 1. The van der Waals surface area contributed by atoms with Gasteiger partial charge in [0.2, 0.25) is 0 Å². The molecule has 0 aliphatic carbocycles. The first-order chi connectivity index (χ1) is 8.52. The first kappa shape index (κ1) is 13.8. The monoisotopic (exact) mass is 249 g/mol. The molecular weight excluding hydrogens is 222 g/mol. The summed E-state index contributed by atoms with van der Waals surface area (Å²) in [6, 6.07) is 4.33. The second-order valence-electron chi connectivity index (χ2n) is 6.81. The molecule has 2 aliphatic rings. The fourth-order valence-corrected chi connectivity index (χ4v) is 3.60. The number of unbranched alkanes of at least 4 members (excludes halogenated alkanes) is 1. The van der Waals surface area contributed by atoms with E-state index in [2.05, 4.69) is 11.0 Å². The van der Waals surface area contributed by atoms with Gasteiger partial charge < -0.3 is 5.73 Å². The van der Waals surface area contributed by atoms with E-state index >= 15 is 0 Å². The highest BCUT2D eigenvalue weighted by Crippen LogP contribution is 2.35. The van der Waals surface area contributed by atoms with Crippen LogP contribution in [-0.2, 0) is 0 Å². The van der Waals surface area contributed by atoms with Crippen molar-refractivity contribution in [3.8, 4) is 6.07 Å². The average Bonchev–Trinajstić information content (AvgIpc) is 2.56. The van der Waals surface area contributed by atoms with Crippen LogP contribution in [0.4, 0.5) is 0 Å². The second-order valence-corrected chi connectivity index (χ2v) is 6.81. The van der Waals surface area contributed by atoms with Crippen LogP contribution in [0, 0.1) is 16.7 Å². The number of hydrogen-bond acceptors (Lipinski definition) is 3. The molecule has 2 saturated heterocycles. The molecule has 3 nitrogen and oxygen atoms in total. The lowest BCUT2D eigenvalue weighted by molar-refractivity contribution is 0.124. The van der Waals surface area contributed by atoms with E-state index in [4.69, 9.17) is 11.0 Å². The van der Waals surface area contributed by atoms with E-state index in [1.165, 1.54) is 45.1 Å². The molecule has 0 aromatic carbocycles. The van der Waals surface area contributed by atoms with Crippen molar-refractivity contribution in [1.29, 1.82) is 5.26 Å². The molecule has 0 aromatic heterocycles. The molecule has 0 amide bonds. The Morgan fingerprint density at radius 2 is 1.83 bits per heavy atom. The van der Waals surface area contributed by atoms with E-state index in [9.17, 15) is 0 Å². The number of piperidine rings is 1. The number of nitrogens with two attached hydrogens (primary N) is 1. The summed E-state index contributed by atoms with van der Waals surface area (Å²) in [7, 11) is 0. The molecule has 2 heterocycles. The topological polar surface area (TPSA) is 53.0 Å². The van der Waals surface area contributed by atoms with Gasteiger partial charge in [-0.2, -0.15) is 5.26 Å². The van der Waals surface area contributed by atoms with Crippen LogP contribution in [0.25, 0.3) is 0 Å². The van der Waals surface area contributed by atoms with Crippen LogP contribution in [0.1, 0.15) is 58.8 Å². The van der Waals surface area contributed by atoms with Crippen LogP contribution >= 0.6 is 0 Å². The molecule has 102 valence electrons. The van der Waals surface area contributed by atoms with Crippen molar-refractivity contribution in [2.75, 3.05) is 6.54 Å². The Bertz CT molecular complexity index is 304. The third-order valence-electron chi connectivity index (χ3n) is 4.69. The number of nitrogens with zero attached hydrogens (tertiary/aromatic N) is 2. The third kappa shape index (κ3) is 3.24. The molecule has 0 saturated carbocycles. The summed E-state index contributed by atoms with van der Waals surface area (Å²) in [6.07, 6.45) is 8.51.